The van der Waals surface area contributed by atoms with E-state index in [0.29, 0.717) is 24.5 Å². The van der Waals surface area contributed by atoms with Crippen LogP contribution in [0.3, 0.4) is 0 Å². The highest BCUT2D eigenvalue weighted by atomic mass is 16.1. The summed E-state index contributed by atoms with van der Waals surface area (Å²) in [6.45, 7) is 9.66. The van der Waals surface area contributed by atoms with Crippen molar-refractivity contribution < 1.29 is 4.79 Å². The standard InChI is InChI=1S/C25H29N7O/c1-16-9-24(26)29-19(4)23(16)12-27-25(33)22-11-28-31(15-22)13-20-5-7-21(8-6-20)14-32-18(3)10-17(2)30-32/h5-11,15H,12-14H2,1-4H3,(H2,26,29)(H,27,33). The first kappa shape index (κ1) is 22.3. The van der Waals surface area contributed by atoms with E-state index >= 15 is 0 Å². The summed E-state index contributed by atoms with van der Waals surface area (Å²) in [4.78, 5) is 16.9. The molecular weight excluding hydrogens is 414 g/mol. The number of amides is 1. The minimum absolute atomic E-state index is 0.169. The molecule has 0 radical (unpaired) electrons. The number of nitrogen functional groups attached to an aromatic ring is 1. The van der Waals surface area contributed by atoms with Gasteiger partial charge in [-0.05, 0) is 62.1 Å². The zero-order valence-corrected chi connectivity index (χ0v) is 19.5. The number of nitrogens with two attached hydrogens (primary N) is 1. The third kappa shape index (κ3) is 5.28. The average Bonchev–Trinajstić information content (AvgIpc) is 3.34. The van der Waals surface area contributed by atoms with E-state index in [2.05, 4.69) is 57.8 Å². The number of nitrogens with zero attached hydrogens (tertiary/aromatic N) is 5. The van der Waals surface area contributed by atoms with Crippen molar-refractivity contribution in [3.8, 4) is 0 Å². The number of rotatable bonds is 7. The number of carbonyl (C=O) groups is 1. The number of aryl methyl sites for hydroxylation is 4. The Morgan fingerprint density at radius 3 is 2.36 bits per heavy atom. The number of benzene rings is 1. The van der Waals surface area contributed by atoms with Gasteiger partial charge in [-0.1, -0.05) is 24.3 Å². The SMILES string of the molecule is Cc1cc(C)n(Cc2ccc(Cn3cc(C(=O)NCc4c(C)cc(N)nc4C)cn3)cc2)n1. The Balaban J connectivity index is 1.35. The molecule has 4 rings (SSSR count). The fourth-order valence-electron chi connectivity index (χ4n) is 3.94. The molecule has 0 aliphatic heterocycles. The Kier molecular flexibility index (Phi) is 6.26. The molecule has 0 unspecified atom stereocenters. The van der Waals surface area contributed by atoms with Crippen LogP contribution >= 0.6 is 0 Å². The summed E-state index contributed by atoms with van der Waals surface area (Å²) in [5, 5.41) is 11.8. The molecule has 0 saturated carbocycles. The second-order valence-electron chi connectivity index (χ2n) is 8.44. The van der Waals surface area contributed by atoms with Crippen LogP contribution in [-0.4, -0.2) is 30.5 Å². The fraction of sp³-hybridized carbons (Fsp3) is 0.280. The molecule has 170 valence electrons. The number of hydrogen-bond acceptors (Lipinski definition) is 5. The van der Waals surface area contributed by atoms with E-state index in [1.54, 1.807) is 17.1 Å². The van der Waals surface area contributed by atoms with Gasteiger partial charge in [0.2, 0.25) is 0 Å². The number of hydrogen-bond donors (Lipinski definition) is 2. The quantitative estimate of drug-likeness (QED) is 0.456. The van der Waals surface area contributed by atoms with Crippen LogP contribution in [0.5, 0.6) is 0 Å². The summed E-state index contributed by atoms with van der Waals surface area (Å²) >= 11 is 0. The van der Waals surface area contributed by atoms with Gasteiger partial charge in [-0.3, -0.25) is 14.2 Å². The number of pyridine rings is 1. The molecular formula is C25H29N7O. The van der Waals surface area contributed by atoms with Gasteiger partial charge in [-0.2, -0.15) is 10.2 Å². The van der Waals surface area contributed by atoms with Crippen LogP contribution in [0.2, 0.25) is 0 Å². The lowest BCUT2D eigenvalue weighted by Crippen LogP contribution is -2.23. The lowest BCUT2D eigenvalue weighted by atomic mass is 10.1. The second-order valence-corrected chi connectivity index (χ2v) is 8.44. The molecule has 3 N–H and O–H groups in total. The Bertz CT molecular complexity index is 1260. The molecule has 1 aromatic carbocycles. The van der Waals surface area contributed by atoms with Gasteiger partial charge in [-0.15, -0.1) is 0 Å². The minimum Gasteiger partial charge on any atom is -0.384 e. The van der Waals surface area contributed by atoms with Crippen molar-refractivity contribution in [1.29, 1.82) is 0 Å². The zero-order valence-electron chi connectivity index (χ0n) is 19.5. The van der Waals surface area contributed by atoms with Crippen molar-refractivity contribution >= 4 is 11.7 Å². The lowest BCUT2D eigenvalue weighted by Gasteiger charge is -2.11. The van der Waals surface area contributed by atoms with E-state index in [1.807, 2.05) is 31.5 Å². The first-order valence-corrected chi connectivity index (χ1v) is 10.9. The van der Waals surface area contributed by atoms with Crippen molar-refractivity contribution in [3.63, 3.8) is 0 Å². The van der Waals surface area contributed by atoms with E-state index in [1.165, 1.54) is 5.56 Å². The molecule has 0 bridgehead atoms. The van der Waals surface area contributed by atoms with Gasteiger partial charge >= 0.3 is 0 Å². The van der Waals surface area contributed by atoms with Gasteiger partial charge in [0, 0.05) is 24.1 Å². The number of carbonyl (C=O) groups excluding carboxylic acids is 1. The maximum atomic E-state index is 12.6. The normalized spacial score (nSPS) is 11.0. The number of nitrogens with one attached hydrogen (secondary N) is 1. The fourth-order valence-corrected chi connectivity index (χ4v) is 3.94. The monoisotopic (exact) mass is 443 g/mol. The van der Waals surface area contributed by atoms with Crippen LogP contribution in [0.15, 0.2) is 48.8 Å². The summed E-state index contributed by atoms with van der Waals surface area (Å²) in [6.07, 6.45) is 3.35. The first-order valence-electron chi connectivity index (χ1n) is 10.9. The molecule has 33 heavy (non-hydrogen) atoms. The van der Waals surface area contributed by atoms with Crippen LogP contribution in [0.1, 0.15) is 49.7 Å². The molecule has 0 fully saturated rings. The second kappa shape index (κ2) is 9.28. The van der Waals surface area contributed by atoms with Crippen molar-refractivity contribution in [2.75, 3.05) is 5.73 Å². The predicted molar refractivity (Wildman–Crippen MR) is 128 cm³/mol. The van der Waals surface area contributed by atoms with Gasteiger partial charge in [-0.25, -0.2) is 4.98 Å². The van der Waals surface area contributed by atoms with Crippen LogP contribution in [0.4, 0.5) is 5.82 Å². The molecule has 0 spiro atoms. The van der Waals surface area contributed by atoms with Crippen molar-refractivity contribution in [2.45, 2.75) is 47.3 Å². The average molecular weight is 444 g/mol. The molecule has 4 aromatic rings. The van der Waals surface area contributed by atoms with E-state index in [-0.39, 0.29) is 5.91 Å². The molecule has 3 aromatic heterocycles. The number of aromatic nitrogens is 5. The molecule has 0 atom stereocenters. The van der Waals surface area contributed by atoms with E-state index < -0.39 is 0 Å². The highest BCUT2D eigenvalue weighted by molar-refractivity contribution is 5.93. The molecule has 0 aliphatic carbocycles. The predicted octanol–water partition coefficient (Wildman–Crippen LogP) is 3.32. The van der Waals surface area contributed by atoms with Crippen LogP contribution in [0.25, 0.3) is 0 Å². The molecule has 1 amide bonds. The van der Waals surface area contributed by atoms with Gasteiger partial charge in [0.1, 0.15) is 5.82 Å². The maximum Gasteiger partial charge on any atom is 0.254 e. The summed E-state index contributed by atoms with van der Waals surface area (Å²) < 4.78 is 3.78. The highest BCUT2D eigenvalue weighted by Gasteiger charge is 2.12. The highest BCUT2D eigenvalue weighted by Crippen LogP contribution is 2.15. The minimum atomic E-state index is -0.169. The van der Waals surface area contributed by atoms with Gasteiger partial charge in [0.25, 0.3) is 5.91 Å². The van der Waals surface area contributed by atoms with Crippen molar-refractivity contribution in [2.24, 2.45) is 0 Å². The molecule has 0 saturated heterocycles. The number of anilines is 1. The largest absolute Gasteiger partial charge is 0.384 e. The topological polar surface area (TPSA) is 104 Å². The Hall–Kier alpha value is -3.94. The summed E-state index contributed by atoms with van der Waals surface area (Å²) in [6, 6.07) is 12.3. The Labute approximate surface area is 193 Å². The Morgan fingerprint density at radius 2 is 1.73 bits per heavy atom. The van der Waals surface area contributed by atoms with Crippen LogP contribution < -0.4 is 11.1 Å². The van der Waals surface area contributed by atoms with Gasteiger partial charge < -0.3 is 11.1 Å². The summed E-state index contributed by atoms with van der Waals surface area (Å²) in [7, 11) is 0. The summed E-state index contributed by atoms with van der Waals surface area (Å²) in [5.74, 6) is 0.318. The zero-order chi connectivity index (χ0) is 23.5. The first-order chi connectivity index (χ1) is 15.8. The van der Waals surface area contributed by atoms with E-state index in [9.17, 15) is 4.79 Å². The Morgan fingerprint density at radius 1 is 1.03 bits per heavy atom. The summed E-state index contributed by atoms with van der Waals surface area (Å²) in [5.41, 5.74) is 13.6. The third-order valence-electron chi connectivity index (χ3n) is 5.70. The smallest absolute Gasteiger partial charge is 0.254 e. The third-order valence-corrected chi connectivity index (χ3v) is 5.70. The van der Waals surface area contributed by atoms with Crippen molar-refractivity contribution in [1.82, 2.24) is 29.9 Å². The van der Waals surface area contributed by atoms with E-state index in [4.69, 9.17) is 5.73 Å². The van der Waals surface area contributed by atoms with Crippen LogP contribution in [-0.2, 0) is 19.6 Å². The van der Waals surface area contributed by atoms with Crippen LogP contribution in [0, 0.1) is 27.7 Å². The van der Waals surface area contributed by atoms with Gasteiger partial charge in [0.15, 0.2) is 0 Å². The molecule has 3 heterocycles. The maximum absolute atomic E-state index is 12.6. The molecule has 0 aliphatic rings. The molecule has 8 heteroatoms. The lowest BCUT2D eigenvalue weighted by molar-refractivity contribution is 0.0950. The molecule has 8 nitrogen and oxygen atoms in total. The van der Waals surface area contributed by atoms with E-state index in [0.717, 1.165) is 40.3 Å². The van der Waals surface area contributed by atoms with Gasteiger partial charge in [0.05, 0.1) is 30.5 Å². The van der Waals surface area contributed by atoms with Crippen molar-refractivity contribution in [3.05, 3.63) is 93.7 Å².